The molecular formula is C28H27N3O4. The number of benzene rings is 3. The Kier molecular flexibility index (Phi) is 6.68. The van der Waals surface area contributed by atoms with Gasteiger partial charge in [0.15, 0.2) is 0 Å². The molecule has 0 saturated heterocycles. The fraction of sp³-hybridized carbons (Fsp3) is 0.179. The number of aromatic nitrogens is 1. The molecule has 178 valence electrons. The number of oxime groups is 1. The van der Waals surface area contributed by atoms with Crippen LogP contribution in [0.3, 0.4) is 0 Å². The van der Waals surface area contributed by atoms with Gasteiger partial charge in [0.05, 0.1) is 6.54 Å². The van der Waals surface area contributed by atoms with Gasteiger partial charge in [-0.15, -0.1) is 0 Å². The second-order valence-electron chi connectivity index (χ2n) is 8.41. The average molecular weight is 470 g/mol. The van der Waals surface area contributed by atoms with Crippen LogP contribution in [-0.4, -0.2) is 28.8 Å². The first-order valence-corrected chi connectivity index (χ1v) is 11.2. The molecule has 0 atom stereocenters. The summed E-state index contributed by atoms with van der Waals surface area (Å²) in [4.78, 5) is 28.4. The van der Waals surface area contributed by atoms with E-state index in [0.29, 0.717) is 23.5 Å². The van der Waals surface area contributed by atoms with Crippen molar-refractivity contribution in [1.82, 2.24) is 4.57 Å². The maximum absolute atomic E-state index is 11.8. The molecule has 0 bridgehead atoms. The first-order chi connectivity index (χ1) is 16.8. The number of nitrogens with two attached hydrogens (primary N) is 1. The second-order valence-corrected chi connectivity index (χ2v) is 8.41. The van der Waals surface area contributed by atoms with E-state index < -0.39 is 11.9 Å². The Morgan fingerprint density at radius 3 is 2.37 bits per heavy atom. The number of aryl methyl sites for hydroxylation is 1. The summed E-state index contributed by atoms with van der Waals surface area (Å²) in [5.74, 6) is -0.910. The number of ether oxygens (including phenoxy) is 1. The zero-order valence-electron chi connectivity index (χ0n) is 20.0. The van der Waals surface area contributed by atoms with Crippen molar-refractivity contribution in [2.24, 2.45) is 5.16 Å². The summed E-state index contributed by atoms with van der Waals surface area (Å²) in [7, 11) is 0. The summed E-state index contributed by atoms with van der Waals surface area (Å²) in [5.41, 5.74) is 12.3. The lowest BCUT2D eigenvalue weighted by Crippen LogP contribution is -2.11. The van der Waals surface area contributed by atoms with Gasteiger partial charge in [0, 0.05) is 51.1 Å². The number of anilines is 1. The molecule has 0 aliphatic heterocycles. The molecule has 0 amide bonds. The highest BCUT2D eigenvalue weighted by atomic mass is 16.7. The quantitative estimate of drug-likeness (QED) is 0.101. The maximum atomic E-state index is 11.8. The summed E-state index contributed by atoms with van der Waals surface area (Å²) >= 11 is 0. The fourth-order valence-corrected chi connectivity index (χ4v) is 4.07. The number of hydrogen-bond acceptors (Lipinski definition) is 6. The van der Waals surface area contributed by atoms with Gasteiger partial charge in [-0.05, 0) is 49.7 Å². The lowest BCUT2D eigenvalue weighted by atomic mass is 9.97. The van der Waals surface area contributed by atoms with E-state index in [9.17, 15) is 9.59 Å². The maximum Gasteiger partial charge on any atom is 0.333 e. The number of nitrogens with zero attached hydrogens (tertiary/aromatic N) is 2. The summed E-state index contributed by atoms with van der Waals surface area (Å²) in [5, 5.41) is 6.11. The molecular weight excluding hydrogens is 442 g/mol. The highest BCUT2D eigenvalue weighted by Crippen LogP contribution is 2.32. The molecule has 0 unspecified atom stereocenters. The lowest BCUT2D eigenvalue weighted by Gasteiger charge is -2.11. The number of rotatable bonds is 7. The van der Waals surface area contributed by atoms with Crippen molar-refractivity contribution in [3.05, 3.63) is 89.5 Å². The first kappa shape index (κ1) is 23.8. The molecule has 0 saturated carbocycles. The average Bonchev–Trinajstić information content (AvgIpc) is 3.12. The van der Waals surface area contributed by atoms with Crippen LogP contribution in [0.2, 0.25) is 0 Å². The van der Waals surface area contributed by atoms with Gasteiger partial charge < -0.3 is 19.9 Å². The highest BCUT2D eigenvalue weighted by molar-refractivity contribution is 6.17. The van der Waals surface area contributed by atoms with E-state index in [0.717, 1.165) is 38.5 Å². The largest absolute Gasteiger partial charge is 0.460 e. The van der Waals surface area contributed by atoms with E-state index in [1.165, 1.54) is 6.92 Å². The van der Waals surface area contributed by atoms with Crippen molar-refractivity contribution in [3.63, 3.8) is 0 Å². The zero-order chi connectivity index (χ0) is 25.1. The third-order valence-corrected chi connectivity index (χ3v) is 5.72. The van der Waals surface area contributed by atoms with E-state index in [1.54, 1.807) is 6.92 Å². The van der Waals surface area contributed by atoms with Crippen LogP contribution in [0.1, 0.15) is 30.5 Å². The zero-order valence-corrected chi connectivity index (χ0v) is 20.0. The minimum atomic E-state index is -0.495. The number of fused-ring (bicyclic) bond motifs is 3. The number of hydrogen-bond donors (Lipinski definition) is 1. The topological polar surface area (TPSA) is 95.9 Å². The van der Waals surface area contributed by atoms with Crippen LogP contribution in [0.4, 0.5) is 5.69 Å². The van der Waals surface area contributed by atoms with E-state index in [-0.39, 0.29) is 6.61 Å². The molecule has 0 radical (unpaired) electrons. The van der Waals surface area contributed by atoms with Gasteiger partial charge in [0.25, 0.3) is 0 Å². The van der Waals surface area contributed by atoms with Gasteiger partial charge >= 0.3 is 11.9 Å². The van der Waals surface area contributed by atoms with Gasteiger partial charge in [0.2, 0.25) is 0 Å². The third-order valence-electron chi connectivity index (χ3n) is 5.72. The molecule has 0 aliphatic rings. The predicted molar refractivity (Wildman–Crippen MR) is 138 cm³/mol. The van der Waals surface area contributed by atoms with Crippen LogP contribution >= 0.6 is 0 Å². The molecule has 2 N–H and O–H groups in total. The molecule has 7 nitrogen and oxygen atoms in total. The number of carbonyl (C=O) groups is 2. The monoisotopic (exact) mass is 469 g/mol. The standard InChI is InChI=1S/C28H27N3O4/c1-17(2)28(33)34-14-13-31-25-11-9-20(15-23(25)24-16-21(29)10-12-26(24)31)27(30-35-19(4)32)22-8-6-5-7-18(22)3/h5-12,15-16H,1,13-14,29H2,2-4H3/b30-27-. The Bertz CT molecular complexity index is 1500. The van der Waals surface area contributed by atoms with E-state index >= 15 is 0 Å². The van der Waals surface area contributed by atoms with Crippen LogP contribution in [0.15, 0.2) is 78.0 Å². The number of esters is 1. The molecule has 0 fully saturated rings. The molecule has 1 heterocycles. The molecule has 7 heteroatoms. The molecule has 4 rings (SSSR count). The molecule has 4 aromatic rings. The Balaban J connectivity index is 1.85. The molecule has 1 aromatic heterocycles. The van der Waals surface area contributed by atoms with Gasteiger partial charge in [0.1, 0.15) is 12.3 Å². The Hall–Kier alpha value is -4.39. The smallest absolute Gasteiger partial charge is 0.333 e. The van der Waals surface area contributed by atoms with Gasteiger partial charge in [-0.1, -0.05) is 42.1 Å². The molecule has 0 spiro atoms. The predicted octanol–water partition coefficient (Wildman–Crippen LogP) is 5.12. The Morgan fingerprint density at radius 1 is 1.00 bits per heavy atom. The van der Waals surface area contributed by atoms with Crippen LogP contribution in [0.25, 0.3) is 21.8 Å². The molecule has 35 heavy (non-hydrogen) atoms. The van der Waals surface area contributed by atoms with E-state index in [4.69, 9.17) is 15.3 Å². The lowest BCUT2D eigenvalue weighted by molar-refractivity contribution is -0.141. The molecule has 0 aliphatic carbocycles. The van der Waals surface area contributed by atoms with Crippen molar-refractivity contribution in [3.8, 4) is 0 Å². The summed E-state index contributed by atoms with van der Waals surface area (Å²) in [6.07, 6.45) is 0. The summed E-state index contributed by atoms with van der Waals surface area (Å²) in [6, 6.07) is 19.5. The minimum absolute atomic E-state index is 0.207. The van der Waals surface area contributed by atoms with Crippen LogP contribution in [-0.2, 0) is 25.7 Å². The van der Waals surface area contributed by atoms with Gasteiger partial charge in [-0.2, -0.15) is 0 Å². The second kappa shape index (κ2) is 9.85. The van der Waals surface area contributed by atoms with E-state index in [2.05, 4.69) is 16.3 Å². The normalized spacial score (nSPS) is 11.6. The van der Waals surface area contributed by atoms with Crippen LogP contribution in [0.5, 0.6) is 0 Å². The number of carbonyl (C=O) groups excluding carboxylic acids is 2. The third kappa shape index (κ3) is 4.94. The fourth-order valence-electron chi connectivity index (χ4n) is 4.07. The Labute approximate surface area is 203 Å². The van der Waals surface area contributed by atoms with Gasteiger partial charge in [-0.25, -0.2) is 9.59 Å². The molecule has 3 aromatic carbocycles. The van der Waals surface area contributed by atoms with Crippen LogP contribution in [0, 0.1) is 6.92 Å². The summed E-state index contributed by atoms with van der Waals surface area (Å²) < 4.78 is 7.43. The van der Waals surface area contributed by atoms with Crippen molar-refractivity contribution in [2.75, 3.05) is 12.3 Å². The highest BCUT2D eigenvalue weighted by Gasteiger charge is 2.17. The van der Waals surface area contributed by atoms with Gasteiger partial charge in [-0.3, -0.25) is 0 Å². The summed E-state index contributed by atoms with van der Waals surface area (Å²) in [6.45, 7) is 9.22. The number of nitrogen functional groups attached to an aromatic ring is 1. The first-order valence-electron chi connectivity index (χ1n) is 11.2. The Morgan fingerprint density at radius 2 is 1.69 bits per heavy atom. The van der Waals surface area contributed by atoms with E-state index in [1.807, 2.05) is 67.6 Å². The SMILES string of the molecule is C=C(C)C(=O)OCCn1c2ccc(N)cc2c2cc(/C(=N/OC(C)=O)c3ccccc3C)ccc21. The van der Waals surface area contributed by atoms with Crippen molar-refractivity contribution in [2.45, 2.75) is 27.3 Å². The van der Waals surface area contributed by atoms with Crippen molar-refractivity contribution in [1.29, 1.82) is 0 Å². The van der Waals surface area contributed by atoms with Crippen molar-refractivity contribution < 1.29 is 19.2 Å². The van der Waals surface area contributed by atoms with Crippen LogP contribution < -0.4 is 5.73 Å². The minimum Gasteiger partial charge on any atom is -0.460 e. The van der Waals surface area contributed by atoms with Crippen molar-refractivity contribution >= 4 is 45.1 Å².